The van der Waals surface area contributed by atoms with Crippen LogP contribution in [0.5, 0.6) is 0 Å². The van der Waals surface area contributed by atoms with Crippen molar-refractivity contribution in [1.82, 2.24) is 5.32 Å². The lowest BCUT2D eigenvalue weighted by Gasteiger charge is -2.18. The Bertz CT molecular complexity index is 204. The minimum absolute atomic E-state index is 0.546. The summed E-state index contributed by atoms with van der Waals surface area (Å²) in [7, 11) is 0. The molecule has 1 unspecified atom stereocenters. The molecule has 1 rings (SSSR count). The molecule has 2 heteroatoms. The first-order valence-electron chi connectivity index (χ1n) is 4.53. The minimum atomic E-state index is 0.546. The van der Waals surface area contributed by atoms with E-state index < -0.39 is 0 Å². The summed E-state index contributed by atoms with van der Waals surface area (Å²) >= 11 is 1.84. The zero-order chi connectivity index (χ0) is 8.97. The first kappa shape index (κ1) is 9.75. The summed E-state index contributed by atoms with van der Waals surface area (Å²) in [6.45, 7) is 6.60. The highest BCUT2D eigenvalue weighted by atomic mass is 32.1. The second-order valence-electron chi connectivity index (χ2n) is 3.30. The average molecular weight is 183 g/mol. The van der Waals surface area contributed by atoms with Gasteiger partial charge in [-0.3, -0.25) is 0 Å². The molecule has 0 fully saturated rings. The van der Waals surface area contributed by atoms with Crippen molar-refractivity contribution in [2.75, 3.05) is 0 Å². The molecule has 0 spiro atoms. The number of hydrogen-bond acceptors (Lipinski definition) is 2. The first-order valence-corrected chi connectivity index (χ1v) is 5.41. The number of rotatable bonds is 4. The lowest BCUT2D eigenvalue weighted by Crippen LogP contribution is -2.26. The van der Waals surface area contributed by atoms with Crippen molar-refractivity contribution in [2.45, 2.75) is 39.3 Å². The van der Waals surface area contributed by atoms with Crippen LogP contribution in [0.1, 0.15) is 38.1 Å². The van der Waals surface area contributed by atoms with Crippen LogP contribution in [0, 0.1) is 0 Å². The molecule has 0 amide bonds. The summed E-state index contributed by atoms with van der Waals surface area (Å²) in [4.78, 5) is 1.45. The Morgan fingerprint density at radius 3 is 2.67 bits per heavy atom. The zero-order valence-corrected chi connectivity index (χ0v) is 8.82. The minimum Gasteiger partial charge on any atom is -0.307 e. The molecular formula is C10H17NS. The molecule has 0 aliphatic rings. The lowest BCUT2D eigenvalue weighted by molar-refractivity contribution is 0.472. The van der Waals surface area contributed by atoms with Gasteiger partial charge in [0, 0.05) is 17.0 Å². The molecule has 0 aromatic carbocycles. The molecule has 1 heterocycles. The van der Waals surface area contributed by atoms with Crippen molar-refractivity contribution in [3.8, 4) is 0 Å². The Kier molecular flexibility index (Phi) is 3.76. The van der Waals surface area contributed by atoms with E-state index in [4.69, 9.17) is 0 Å². The molecule has 12 heavy (non-hydrogen) atoms. The van der Waals surface area contributed by atoms with Crippen molar-refractivity contribution < 1.29 is 0 Å². The average Bonchev–Trinajstić information content (AvgIpc) is 2.51. The van der Waals surface area contributed by atoms with Crippen LogP contribution in [-0.2, 0) is 0 Å². The molecule has 0 saturated carbocycles. The van der Waals surface area contributed by atoms with Gasteiger partial charge in [-0.25, -0.2) is 0 Å². The van der Waals surface area contributed by atoms with Gasteiger partial charge in [0.1, 0.15) is 0 Å². The fraction of sp³-hybridized carbons (Fsp3) is 0.600. The molecule has 0 bridgehead atoms. The van der Waals surface area contributed by atoms with Crippen LogP contribution in [0.15, 0.2) is 17.5 Å². The van der Waals surface area contributed by atoms with E-state index in [9.17, 15) is 0 Å². The van der Waals surface area contributed by atoms with Crippen LogP contribution in [0.3, 0.4) is 0 Å². The van der Waals surface area contributed by atoms with Gasteiger partial charge in [-0.05, 0) is 17.9 Å². The third-order valence-corrected chi connectivity index (χ3v) is 2.82. The fourth-order valence-electron chi connectivity index (χ4n) is 1.29. The van der Waals surface area contributed by atoms with Crippen molar-refractivity contribution >= 4 is 11.3 Å². The van der Waals surface area contributed by atoms with Crippen LogP contribution in [0.4, 0.5) is 0 Å². The molecule has 1 nitrogen and oxygen atoms in total. The van der Waals surface area contributed by atoms with Crippen LogP contribution in [-0.4, -0.2) is 6.04 Å². The predicted molar refractivity (Wildman–Crippen MR) is 55.6 cm³/mol. The van der Waals surface area contributed by atoms with Gasteiger partial charge >= 0.3 is 0 Å². The number of hydrogen-bond donors (Lipinski definition) is 1. The van der Waals surface area contributed by atoms with Crippen molar-refractivity contribution in [3.05, 3.63) is 22.4 Å². The van der Waals surface area contributed by atoms with Gasteiger partial charge < -0.3 is 5.32 Å². The van der Waals surface area contributed by atoms with Gasteiger partial charge in [-0.15, -0.1) is 11.3 Å². The maximum atomic E-state index is 3.54. The van der Waals surface area contributed by atoms with Crippen molar-refractivity contribution in [1.29, 1.82) is 0 Å². The summed E-state index contributed by atoms with van der Waals surface area (Å²) in [6.07, 6.45) is 1.17. The maximum Gasteiger partial charge on any atom is 0.0414 e. The largest absolute Gasteiger partial charge is 0.307 e. The highest BCUT2D eigenvalue weighted by molar-refractivity contribution is 7.10. The van der Waals surface area contributed by atoms with Crippen LogP contribution >= 0.6 is 11.3 Å². The normalized spacial score (nSPS) is 13.7. The van der Waals surface area contributed by atoms with E-state index in [1.807, 2.05) is 11.3 Å². The van der Waals surface area contributed by atoms with E-state index in [2.05, 4.69) is 43.6 Å². The fourth-order valence-corrected chi connectivity index (χ4v) is 2.16. The Hall–Kier alpha value is -0.340. The van der Waals surface area contributed by atoms with Crippen LogP contribution in [0.25, 0.3) is 0 Å². The van der Waals surface area contributed by atoms with Gasteiger partial charge in [0.15, 0.2) is 0 Å². The highest BCUT2D eigenvalue weighted by Crippen LogP contribution is 2.21. The van der Waals surface area contributed by atoms with E-state index in [-0.39, 0.29) is 0 Å². The van der Waals surface area contributed by atoms with E-state index in [0.717, 1.165) is 0 Å². The van der Waals surface area contributed by atoms with E-state index in [1.165, 1.54) is 11.3 Å². The summed E-state index contributed by atoms with van der Waals surface area (Å²) in [5.74, 6) is 0. The van der Waals surface area contributed by atoms with Gasteiger partial charge in [-0.1, -0.05) is 26.8 Å². The van der Waals surface area contributed by atoms with E-state index in [1.54, 1.807) is 0 Å². The number of nitrogens with one attached hydrogen (secondary N) is 1. The third-order valence-electron chi connectivity index (χ3n) is 1.83. The van der Waals surface area contributed by atoms with Gasteiger partial charge in [0.05, 0.1) is 0 Å². The Morgan fingerprint density at radius 1 is 1.50 bits per heavy atom. The van der Waals surface area contributed by atoms with Crippen LogP contribution in [0.2, 0.25) is 0 Å². The topological polar surface area (TPSA) is 12.0 Å². The Labute approximate surface area is 78.8 Å². The highest BCUT2D eigenvalue weighted by Gasteiger charge is 2.09. The molecule has 0 radical (unpaired) electrons. The molecular weight excluding hydrogens is 166 g/mol. The monoisotopic (exact) mass is 183 g/mol. The Morgan fingerprint density at radius 2 is 2.25 bits per heavy atom. The molecule has 1 aromatic heterocycles. The quantitative estimate of drug-likeness (QED) is 0.756. The summed E-state index contributed by atoms with van der Waals surface area (Å²) in [5.41, 5.74) is 0. The predicted octanol–water partition coefficient (Wildman–Crippen LogP) is 3.20. The zero-order valence-electron chi connectivity index (χ0n) is 8.00. The van der Waals surface area contributed by atoms with E-state index in [0.29, 0.717) is 12.1 Å². The third kappa shape index (κ3) is 2.61. The summed E-state index contributed by atoms with van der Waals surface area (Å²) in [5, 5.41) is 5.68. The van der Waals surface area contributed by atoms with Gasteiger partial charge in [0.2, 0.25) is 0 Å². The van der Waals surface area contributed by atoms with Crippen LogP contribution < -0.4 is 5.32 Å². The summed E-state index contributed by atoms with van der Waals surface area (Å²) in [6, 6.07) is 5.43. The summed E-state index contributed by atoms with van der Waals surface area (Å²) < 4.78 is 0. The molecule has 1 N–H and O–H groups in total. The van der Waals surface area contributed by atoms with Gasteiger partial charge in [0.25, 0.3) is 0 Å². The number of thiophene rings is 1. The Balaban J connectivity index is 2.57. The molecule has 1 atom stereocenters. The maximum absolute atomic E-state index is 3.54. The molecule has 0 aliphatic carbocycles. The van der Waals surface area contributed by atoms with Crippen molar-refractivity contribution in [2.24, 2.45) is 0 Å². The second kappa shape index (κ2) is 4.63. The van der Waals surface area contributed by atoms with Crippen molar-refractivity contribution in [3.63, 3.8) is 0 Å². The van der Waals surface area contributed by atoms with E-state index >= 15 is 0 Å². The lowest BCUT2D eigenvalue weighted by atomic mass is 10.1. The SMILES string of the molecule is CCC(NC(C)C)c1cccs1. The standard InChI is InChI=1S/C10H17NS/c1-4-9(11-8(2)3)10-6-5-7-12-10/h5-9,11H,4H2,1-3H3. The molecule has 1 aromatic rings. The van der Waals surface area contributed by atoms with Gasteiger partial charge in [-0.2, -0.15) is 0 Å². The smallest absolute Gasteiger partial charge is 0.0414 e. The molecule has 68 valence electrons. The first-order chi connectivity index (χ1) is 5.74. The second-order valence-corrected chi connectivity index (χ2v) is 4.28. The molecule has 0 saturated heterocycles. The molecule has 0 aliphatic heterocycles.